The summed E-state index contributed by atoms with van der Waals surface area (Å²) in [4.78, 5) is 14.3. The third kappa shape index (κ3) is 4.70. The number of hydrogen-bond acceptors (Lipinski definition) is 3. The van der Waals surface area contributed by atoms with E-state index in [9.17, 15) is 9.18 Å². The highest BCUT2D eigenvalue weighted by atomic mass is 19.1. The van der Waals surface area contributed by atoms with Crippen molar-refractivity contribution in [1.29, 1.82) is 0 Å². The first-order valence-electron chi connectivity index (χ1n) is 9.16. The largest absolute Gasteiger partial charge is 0.379 e. The standard InChI is InChI=1S/C19H27FN2O3/c1-2-24-13-16-12-22(9-10-25-16)19(23)21-15-8-7-14(11-15)17-5-3-4-6-18(17)20/h3-6,14-16H,2,7-13H2,1H3,(H,21,23). The van der Waals surface area contributed by atoms with E-state index in [1.54, 1.807) is 11.0 Å². The molecule has 1 heterocycles. The zero-order valence-electron chi connectivity index (χ0n) is 14.7. The van der Waals surface area contributed by atoms with Gasteiger partial charge in [0.1, 0.15) is 5.82 Å². The highest BCUT2D eigenvalue weighted by molar-refractivity contribution is 5.74. The van der Waals surface area contributed by atoms with Crippen molar-refractivity contribution in [3.8, 4) is 0 Å². The lowest BCUT2D eigenvalue weighted by Crippen LogP contribution is -2.52. The molecule has 1 aliphatic heterocycles. The SMILES string of the molecule is CCOCC1CN(C(=O)NC2CCC(c3ccccc3F)C2)CCO1. The van der Waals surface area contributed by atoms with Crippen molar-refractivity contribution in [2.75, 3.05) is 32.9 Å². The van der Waals surface area contributed by atoms with Crippen molar-refractivity contribution in [2.24, 2.45) is 0 Å². The van der Waals surface area contributed by atoms with Gasteiger partial charge in [-0.25, -0.2) is 9.18 Å². The number of urea groups is 1. The average Bonchev–Trinajstić information content (AvgIpc) is 3.09. The van der Waals surface area contributed by atoms with Crippen molar-refractivity contribution < 1.29 is 18.7 Å². The van der Waals surface area contributed by atoms with Crippen LogP contribution in [0, 0.1) is 5.82 Å². The van der Waals surface area contributed by atoms with Crippen molar-refractivity contribution in [3.63, 3.8) is 0 Å². The summed E-state index contributed by atoms with van der Waals surface area (Å²) in [5.41, 5.74) is 0.766. The minimum atomic E-state index is -0.147. The Labute approximate surface area is 148 Å². The number of carbonyl (C=O) groups excluding carboxylic acids is 1. The van der Waals surface area contributed by atoms with Crippen molar-refractivity contribution in [2.45, 2.75) is 44.2 Å². The number of hydrogen-bond donors (Lipinski definition) is 1. The van der Waals surface area contributed by atoms with E-state index in [1.807, 2.05) is 19.1 Å². The van der Waals surface area contributed by atoms with E-state index in [0.717, 1.165) is 24.8 Å². The molecule has 5 nitrogen and oxygen atoms in total. The fraction of sp³-hybridized carbons (Fsp3) is 0.632. The molecule has 2 amide bonds. The lowest BCUT2D eigenvalue weighted by molar-refractivity contribution is -0.0568. The molecule has 3 rings (SSSR count). The van der Waals surface area contributed by atoms with Gasteiger partial charge in [0.05, 0.1) is 25.9 Å². The third-order valence-electron chi connectivity index (χ3n) is 5.04. The van der Waals surface area contributed by atoms with Gasteiger partial charge in [-0.05, 0) is 43.7 Å². The Morgan fingerprint density at radius 3 is 3.04 bits per heavy atom. The summed E-state index contributed by atoms with van der Waals surface area (Å²) < 4.78 is 25.0. The van der Waals surface area contributed by atoms with E-state index in [1.165, 1.54) is 6.07 Å². The molecule has 0 aromatic heterocycles. The molecule has 3 atom stereocenters. The van der Waals surface area contributed by atoms with E-state index in [4.69, 9.17) is 9.47 Å². The van der Waals surface area contributed by atoms with Gasteiger partial charge >= 0.3 is 6.03 Å². The molecule has 0 spiro atoms. The molecule has 25 heavy (non-hydrogen) atoms. The van der Waals surface area contributed by atoms with Crippen LogP contribution in [0.2, 0.25) is 0 Å². The fourth-order valence-electron chi connectivity index (χ4n) is 3.72. The van der Waals surface area contributed by atoms with E-state index in [0.29, 0.717) is 32.9 Å². The lowest BCUT2D eigenvalue weighted by Gasteiger charge is -2.33. The van der Waals surface area contributed by atoms with Crippen molar-refractivity contribution in [3.05, 3.63) is 35.6 Å². The summed E-state index contributed by atoms with van der Waals surface area (Å²) in [6.07, 6.45) is 2.52. The smallest absolute Gasteiger partial charge is 0.317 e. The molecule has 3 unspecified atom stereocenters. The van der Waals surface area contributed by atoms with Crippen LogP contribution in [0.3, 0.4) is 0 Å². The maximum absolute atomic E-state index is 13.9. The third-order valence-corrected chi connectivity index (χ3v) is 5.04. The fourth-order valence-corrected chi connectivity index (χ4v) is 3.72. The van der Waals surface area contributed by atoms with Gasteiger partial charge in [0.15, 0.2) is 0 Å². The predicted octanol–water partition coefficient (Wildman–Crippen LogP) is 2.91. The molecular formula is C19H27FN2O3. The summed E-state index contributed by atoms with van der Waals surface area (Å²) >= 11 is 0. The number of ether oxygens (including phenoxy) is 2. The molecule has 1 saturated heterocycles. The number of benzene rings is 1. The maximum atomic E-state index is 13.9. The zero-order chi connectivity index (χ0) is 17.6. The molecule has 6 heteroatoms. The average molecular weight is 350 g/mol. The Hall–Kier alpha value is -1.66. The first kappa shape index (κ1) is 18.1. The Morgan fingerprint density at radius 2 is 2.24 bits per heavy atom. The molecule has 0 bridgehead atoms. The van der Waals surface area contributed by atoms with Crippen LogP contribution in [0.1, 0.15) is 37.7 Å². The normalized spacial score (nSPS) is 26.6. The minimum Gasteiger partial charge on any atom is -0.379 e. The van der Waals surface area contributed by atoms with Crippen LogP contribution in [0.25, 0.3) is 0 Å². The van der Waals surface area contributed by atoms with Crippen LogP contribution in [-0.2, 0) is 9.47 Å². The van der Waals surface area contributed by atoms with E-state index < -0.39 is 0 Å². The Bertz CT molecular complexity index is 584. The topological polar surface area (TPSA) is 50.8 Å². The van der Waals surface area contributed by atoms with Crippen LogP contribution in [0.5, 0.6) is 0 Å². The molecule has 138 valence electrons. The number of nitrogens with zero attached hydrogens (tertiary/aromatic N) is 1. The van der Waals surface area contributed by atoms with Gasteiger partial charge in [-0.1, -0.05) is 18.2 Å². The number of rotatable bonds is 5. The van der Waals surface area contributed by atoms with Crippen LogP contribution in [-0.4, -0.2) is 56.0 Å². The van der Waals surface area contributed by atoms with Gasteiger partial charge in [0.25, 0.3) is 0 Å². The quantitative estimate of drug-likeness (QED) is 0.888. The second-order valence-corrected chi connectivity index (χ2v) is 6.78. The first-order chi connectivity index (χ1) is 12.2. The molecule has 1 aromatic rings. The van der Waals surface area contributed by atoms with Gasteiger partial charge in [0, 0.05) is 19.2 Å². The summed E-state index contributed by atoms with van der Waals surface area (Å²) in [5, 5.41) is 3.11. The van der Waals surface area contributed by atoms with Crippen LogP contribution in [0.4, 0.5) is 9.18 Å². The molecular weight excluding hydrogens is 323 g/mol. The van der Waals surface area contributed by atoms with Crippen LogP contribution in [0.15, 0.2) is 24.3 Å². The highest BCUT2D eigenvalue weighted by Crippen LogP contribution is 2.35. The second kappa shape index (κ2) is 8.63. The Morgan fingerprint density at radius 1 is 1.40 bits per heavy atom. The lowest BCUT2D eigenvalue weighted by atomic mass is 9.97. The van der Waals surface area contributed by atoms with Gasteiger partial charge in [-0.2, -0.15) is 0 Å². The molecule has 1 aliphatic carbocycles. The van der Waals surface area contributed by atoms with Gasteiger partial charge in [0.2, 0.25) is 0 Å². The van der Waals surface area contributed by atoms with Crippen molar-refractivity contribution >= 4 is 6.03 Å². The summed E-state index contributed by atoms with van der Waals surface area (Å²) in [6, 6.07) is 6.99. The monoisotopic (exact) mass is 350 g/mol. The second-order valence-electron chi connectivity index (χ2n) is 6.78. The highest BCUT2D eigenvalue weighted by Gasteiger charge is 2.31. The molecule has 1 saturated carbocycles. The summed E-state index contributed by atoms with van der Waals surface area (Å²) in [5.74, 6) is 0.0355. The number of nitrogens with one attached hydrogen (secondary N) is 1. The zero-order valence-corrected chi connectivity index (χ0v) is 14.7. The molecule has 1 N–H and O–H groups in total. The molecule has 2 aliphatic rings. The number of morpholine rings is 1. The van der Waals surface area contributed by atoms with E-state index >= 15 is 0 Å². The van der Waals surface area contributed by atoms with Gasteiger partial charge in [-0.3, -0.25) is 0 Å². The van der Waals surface area contributed by atoms with Crippen molar-refractivity contribution in [1.82, 2.24) is 10.2 Å². The number of halogens is 1. The Balaban J connectivity index is 1.49. The number of carbonyl (C=O) groups is 1. The van der Waals surface area contributed by atoms with Crippen LogP contribution < -0.4 is 5.32 Å². The predicted molar refractivity (Wildman–Crippen MR) is 93.1 cm³/mol. The maximum Gasteiger partial charge on any atom is 0.317 e. The first-order valence-corrected chi connectivity index (χ1v) is 9.16. The summed E-state index contributed by atoms with van der Waals surface area (Å²) in [6.45, 7) is 4.78. The molecule has 2 fully saturated rings. The summed E-state index contributed by atoms with van der Waals surface area (Å²) in [7, 11) is 0. The molecule has 1 aromatic carbocycles. The Kier molecular flexibility index (Phi) is 6.26. The van der Waals surface area contributed by atoms with E-state index in [-0.39, 0.29) is 29.9 Å². The van der Waals surface area contributed by atoms with E-state index in [2.05, 4.69) is 5.32 Å². The van der Waals surface area contributed by atoms with Gasteiger partial charge < -0.3 is 19.7 Å². The minimum absolute atomic E-state index is 0.0519. The number of amides is 2. The van der Waals surface area contributed by atoms with Gasteiger partial charge in [-0.15, -0.1) is 0 Å². The van der Waals surface area contributed by atoms with Crippen LogP contribution >= 0.6 is 0 Å². The molecule has 0 radical (unpaired) electrons.